The van der Waals surface area contributed by atoms with E-state index in [2.05, 4.69) is 36.9 Å². The molecule has 1 fully saturated rings. The number of hydrogen-bond acceptors (Lipinski definition) is 6. The first kappa shape index (κ1) is 14.2. The van der Waals surface area contributed by atoms with Crippen LogP contribution in [-0.2, 0) is 0 Å². The highest BCUT2D eigenvalue weighted by Crippen LogP contribution is 2.28. The normalized spacial score (nSPS) is 22.2. The van der Waals surface area contributed by atoms with E-state index in [0.717, 1.165) is 18.8 Å². The Labute approximate surface area is 128 Å². The Kier molecular flexibility index (Phi) is 4.01. The lowest BCUT2D eigenvalue weighted by Gasteiger charge is -2.34. The fourth-order valence-corrected chi connectivity index (χ4v) is 2.97. The highest BCUT2D eigenvalue weighted by atomic mass is 35.5. The van der Waals surface area contributed by atoms with Crippen molar-refractivity contribution in [3.63, 3.8) is 0 Å². The standard InChI is InChI=1S/C13H18ClN7/c1-9-4-3-5-10(6-9)20(2)12-17-11(14)18-13(19-12)21-8-15-7-16-21/h7-10H,3-6H2,1-2H3. The van der Waals surface area contributed by atoms with Gasteiger partial charge in [0.15, 0.2) is 0 Å². The monoisotopic (exact) mass is 307 g/mol. The molecule has 1 aliphatic rings. The van der Waals surface area contributed by atoms with Gasteiger partial charge in [-0.3, -0.25) is 0 Å². The van der Waals surface area contributed by atoms with Gasteiger partial charge in [0.1, 0.15) is 12.7 Å². The lowest BCUT2D eigenvalue weighted by atomic mass is 9.86. The van der Waals surface area contributed by atoms with Gasteiger partial charge in [-0.1, -0.05) is 19.8 Å². The third kappa shape index (κ3) is 3.12. The summed E-state index contributed by atoms with van der Waals surface area (Å²) < 4.78 is 1.48. The first-order chi connectivity index (χ1) is 10.1. The Morgan fingerprint density at radius 2 is 2.14 bits per heavy atom. The zero-order chi connectivity index (χ0) is 14.8. The first-order valence-electron chi connectivity index (χ1n) is 7.13. The van der Waals surface area contributed by atoms with Crippen molar-refractivity contribution in [2.45, 2.75) is 38.6 Å². The zero-order valence-electron chi connectivity index (χ0n) is 12.1. The minimum absolute atomic E-state index is 0.168. The van der Waals surface area contributed by atoms with Gasteiger partial charge in [0.05, 0.1) is 0 Å². The topological polar surface area (TPSA) is 72.6 Å². The van der Waals surface area contributed by atoms with E-state index in [1.54, 1.807) is 0 Å². The Balaban J connectivity index is 1.87. The van der Waals surface area contributed by atoms with Gasteiger partial charge in [0.2, 0.25) is 11.2 Å². The number of rotatable bonds is 3. The van der Waals surface area contributed by atoms with Crippen LogP contribution in [-0.4, -0.2) is 42.8 Å². The van der Waals surface area contributed by atoms with E-state index in [4.69, 9.17) is 11.6 Å². The molecule has 3 rings (SSSR count). The predicted octanol–water partition coefficient (Wildman–Crippen LogP) is 2.12. The molecule has 1 aliphatic carbocycles. The molecule has 2 unspecified atom stereocenters. The number of halogens is 1. The molecule has 2 aromatic heterocycles. The minimum Gasteiger partial charge on any atom is -0.341 e. The molecule has 0 saturated heterocycles. The Bertz CT molecular complexity index is 601. The molecule has 0 bridgehead atoms. The van der Waals surface area contributed by atoms with Crippen LogP contribution in [0.15, 0.2) is 12.7 Å². The summed E-state index contributed by atoms with van der Waals surface area (Å²) >= 11 is 6.03. The first-order valence-corrected chi connectivity index (χ1v) is 7.50. The molecule has 2 aromatic rings. The Morgan fingerprint density at radius 3 is 2.86 bits per heavy atom. The van der Waals surface area contributed by atoms with Crippen molar-refractivity contribution >= 4 is 17.5 Å². The van der Waals surface area contributed by atoms with Gasteiger partial charge in [-0.2, -0.15) is 24.7 Å². The van der Waals surface area contributed by atoms with Gasteiger partial charge in [0, 0.05) is 13.1 Å². The van der Waals surface area contributed by atoms with Crippen LogP contribution < -0.4 is 4.90 Å². The molecule has 2 heterocycles. The van der Waals surface area contributed by atoms with E-state index in [-0.39, 0.29) is 5.28 Å². The molecule has 0 amide bonds. The molecule has 112 valence electrons. The van der Waals surface area contributed by atoms with Gasteiger partial charge in [-0.05, 0) is 30.4 Å². The van der Waals surface area contributed by atoms with Crippen LogP contribution in [0.3, 0.4) is 0 Å². The van der Waals surface area contributed by atoms with Crippen LogP contribution in [0, 0.1) is 5.92 Å². The molecule has 0 spiro atoms. The van der Waals surface area contributed by atoms with E-state index < -0.39 is 0 Å². The molecular formula is C13H18ClN7. The number of hydrogen-bond donors (Lipinski definition) is 0. The average Bonchev–Trinajstić information content (AvgIpc) is 3.00. The molecule has 21 heavy (non-hydrogen) atoms. The van der Waals surface area contributed by atoms with Crippen LogP contribution in [0.2, 0.25) is 5.28 Å². The SMILES string of the molecule is CC1CCCC(N(C)c2nc(Cl)nc(-n3cncn3)n2)C1. The maximum absolute atomic E-state index is 6.03. The number of aromatic nitrogens is 6. The Hall–Kier alpha value is -1.76. The third-order valence-corrected chi connectivity index (χ3v) is 4.15. The van der Waals surface area contributed by atoms with Crippen LogP contribution in [0.25, 0.3) is 5.95 Å². The smallest absolute Gasteiger partial charge is 0.258 e. The molecule has 0 N–H and O–H groups in total. The van der Waals surface area contributed by atoms with Gasteiger partial charge >= 0.3 is 0 Å². The summed E-state index contributed by atoms with van der Waals surface area (Å²) in [6.07, 6.45) is 7.82. The van der Waals surface area contributed by atoms with Crippen molar-refractivity contribution in [3.05, 3.63) is 17.9 Å². The highest BCUT2D eigenvalue weighted by Gasteiger charge is 2.24. The van der Waals surface area contributed by atoms with E-state index in [1.165, 1.54) is 30.2 Å². The number of nitrogens with zero attached hydrogens (tertiary/aromatic N) is 7. The molecule has 0 aromatic carbocycles. The molecule has 7 nitrogen and oxygen atoms in total. The molecule has 0 radical (unpaired) electrons. The van der Waals surface area contributed by atoms with Crippen molar-refractivity contribution in [2.75, 3.05) is 11.9 Å². The summed E-state index contributed by atoms with van der Waals surface area (Å²) in [5, 5.41) is 4.20. The van der Waals surface area contributed by atoms with E-state index in [0.29, 0.717) is 17.9 Å². The zero-order valence-corrected chi connectivity index (χ0v) is 12.9. The summed E-state index contributed by atoms with van der Waals surface area (Å²) in [4.78, 5) is 18.8. The maximum Gasteiger partial charge on any atom is 0.258 e. The van der Waals surface area contributed by atoms with Gasteiger partial charge in [-0.15, -0.1) is 0 Å². The number of anilines is 1. The third-order valence-electron chi connectivity index (χ3n) is 3.98. The van der Waals surface area contributed by atoms with Crippen LogP contribution in [0.4, 0.5) is 5.95 Å². The second kappa shape index (κ2) is 5.93. The summed E-state index contributed by atoms with van der Waals surface area (Å²) in [6.45, 7) is 2.29. The van der Waals surface area contributed by atoms with Crippen LogP contribution in [0.1, 0.15) is 32.6 Å². The molecule has 2 atom stereocenters. The average molecular weight is 308 g/mol. The fraction of sp³-hybridized carbons (Fsp3) is 0.615. The van der Waals surface area contributed by atoms with Crippen LogP contribution in [0.5, 0.6) is 0 Å². The molecular weight excluding hydrogens is 290 g/mol. The van der Waals surface area contributed by atoms with Crippen molar-refractivity contribution in [1.29, 1.82) is 0 Å². The lowest BCUT2D eigenvalue weighted by Crippen LogP contribution is -2.37. The van der Waals surface area contributed by atoms with Gasteiger partial charge in [0.25, 0.3) is 5.95 Å². The second-order valence-electron chi connectivity index (χ2n) is 5.58. The highest BCUT2D eigenvalue weighted by molar-refractivity contribution is 6.28. The largest absolute Gasteiger partial charge is 0.341 e. The molecule has 8 heteroatoms. The van der Waals surface area contributed by atoms with Gasteiger partial charge in [-0.25, -0.2) is 4.98 Å². The van der Waals surface area contributed by atoms with Crippen molar-refractivity contribution in [3.8, 4) is 5.95 Å². The summed E-state index contributed by atoms with van der Waals surface area (Å²) in [5.41, 5.74) is 0. The van der Waals surface area contributed by atoms with Crippen molar-refractivity contribution in [2.24, 2.45) is 5.92 Å². The second-order valence-corrected chi connectivity index (χ2v) is 5.92. The van der Waals surface area contributed by atoms with E-state index in [1.807, 2.05) is 7.05 Å². The van der Waals surface area contributed by atoms with Crippen molar-refractivity contribution < 1.29 is 0 Å². The van der Waals surface area contributed by atoms with Gasteiger partial charge < -0.3 is 4.90 Å². The Morgan fingerprint density at radius 1 is 1.29 bits per heavy atom. The van der Waals surface area contributed by atoms with E-state index >= 15 is 0 Å². The molecule has 0 aliphatic heterocycles. The predicted molar refractivity (Wildman–Crippen MR) is 79.6 cm³/mol. The van der Waals surface area contributed by atoms with E-state index in [9.17, 15) is 0 Å². The minimum atomic E-state index is 0.168. The molecule has 1 saturated carbocycles. The summed E-state index contributed by atoms with van der Waals surface area (Å²) in [6, 6.07) is 0.441. The van der Waals surface area contributed by atoms with Crippen LogP contribution >= 0.6 is 11.6 Å². The summed E-state index contributed by atoms with van der Waals surface area (Å²) in [7, 11) is 2.01. The van der Waals surface area contributed by atoms with Crippen molar-refractivity contribution in [1.82, 2.24) is 29.7 Å². The summed E-state index contributed by atoms with van der Waals surface area (Å²) in [5.74, 6) is 1.70. The fourth-order valence-electron chi connectivity index (χ4n) is 2.82. The quantitative estimate of drug-likeness (QED) is 0.865. The maximum atomic E-state index is 6.03. The lowest BCUT2D eigenvalue weighted by molar-refractivity contribution is 0.334.